The third-order valence-electron chi connectivity index (χ3n) is 2.41. The number of urea groups is 1. The number of hydrogen-bond acceptors (Lipinski definition) is 4. The van der Waals surface area contributed by atoms with Crippen LogP contribution in [0.2, 0.25) is 0 Å². The second-order valence-electron chi connectivity index (χ2n) is 4.27. The molecule has 1 atom stereocenters. The van der Waals surface area contributed by atoms with Crippen LogP contribution in [0.15, 0.2) is 0 Å². The molecule has 1 heterocycles. The predicted octanol–water partition coefficient (Wildman–Crippen LogP) is -0.202. The van der Waals surface area contributed by atoms with Crippen LogP contribution in [0.1, 0.15) is 6.42 Å². The minimum Gasteiger partial charge on any atom is -0.456 e. The molecule has 2 amide bonds. The number of rotatable bonds is 5. The Kier molecular flexibility index (Phi) is 4.83. The Morgan fingerprint density at radius 3 is 2.67 bits per heavy atom. The monoisotopic (exact) mass is 265 g/mol. The fourth-order valence-electron chi connectivity index (χ4n) is 1.44. The van der Waals surface area contributed by atoms with Crippen LogP contribution in [-0.4, -0.2) is 62.7 Å². The zero-order valence-electron chi connectivity index (χ0n) is 10.3. The molecule has 1 rings (SSSR count). The molecule has 0 aromatic heterocycles. The molecule has 1 fully saturated rings. The molecule has 18 heavy (non-hydrogen) atoms. The molecule has 0 aromatic rings. The summed E-state index contributed by atoms with van der Waals surface area (Å²) in [5, 5.41) is 5.44. The van der Waals surface area contributed by atoms with Crippen molar-refractivity contribution in [2.45, 2.75) is 18.4 Å². The summed E-state index contributed by atoms with van der Waals surface area (Å²) in [6.07, 6.45) is -1.40. The molecular weight excluding hydrogens is 248 g/mol. The minimum absolute atomic E-state index is 0.152. The highest BCUT2D eigenvalue weighted by Crippen LogP contribution is 2.30. The Morgan fingerprint density at radius 1 is 1.50 bits per heavy atom. The van der Waals surface area contributed by atoms with Gasteiger partial charge in [-0.05, 0) is 0 Å². The van der Waals surface area contributed by atoms with Gasteiger partial charge in [-0.15, -0.1) is 0 Å². The Bertz CT molecular complexity index is 323. The lowest BCUT2D eigenvalue weighted by Crippen LogP contribution is -2.39. The van der Waals surface area contributed by atoms with Crippen LogP contribution in [0, 0.1) is 0 Å². The number of carbonyl (C=O) groups excluding carboxylic acids is 2. The van der Waals surface area contributed by atoms with Crippen molar-refractivity contribution in [2.24, 2.45) is 0 Å². The zero-order chi connectivity index (χ0) is 13.8. The number of carbonyl (C=O) groups is 2. The molecule has 0 saturated carbocycles. The highest BCUT2D eigenvalue weighted by atomic mass is 19.3. The summed E-state index contributed by atoms with van der Waals surface area (Å²) < 4.78 is 30.1. The van der Waals surface area contributed by atoms with E-state index in [9.17, 15) is 18.4 Å². The average Bonchev–Trinajstić information content (AvgIpc) is 2.51. The van der Waals surface area contributed by atoms with Crippen molar-refractivity contribution >= 4 is 12.0 Å². The molecule has 0 aliphatic carbocycles. The van der Waals surface area contributed by atoms with Gasteiger partial charge in [0.2, 0.25) is 0 Å². The SMILES string of the molecule is CN(C)C(=O)NCCNCC1CC(F)(F)C(=O)O1. The number of nitrogens with zero attached hydrogens (tertiary/aromatic N) is 1. The average molecular weight is 265 g/mol. The number of halogens is 2. The largest absolute Gasteiger partial charge is 0.456 e. The van der Waals surface area contributed by atoms with Gasteiger partial charge < -0.3 is 20.3 Å². The molecule has 104 valence electrons. The van der Waals surface area contributed by atoms with Crippen LogP contribution in [0.5, 0.6) is 0 Å². The summed E-state index contributed by atoms with van der Waals surface area (Å²) in [4.78, 5) is 23.2. The van der Waals surface area contributed by atoms with Gasteiger partial charge in [-0.25, -0.2) is 9.59 Å². The fourth-order valence-corrected chi connectivity index (χ4v) is 1.44. The third kappa shape index (κ3) is 4.10. The second kappa shape index (κ2) is 5.94. The van der Waals surface area contributed by atoms with Crippen molar-refractivity contribution in [2.75, 3.05) is 33.7 Å². The van der Waals surface area contributed by atoms with Crippen molar-refractivity contribution in [3.8, 4) is 0 Å². The molecule has 6 nitrogen and oxygen atoms in total. The van der Waals surface area contributed by atoms with Gasteiger partial charge in [-0.3, -0.25) is 0 Å². The molecule has 1 saturated heterocycles. The smallest absolute Gasteiger partial charge is 0.377 e. The van der Waals surface area contributed by atoms with E-state index in [4.69, 9.17) is 0 Å². The van der Waals surface area contributed by atoms with Crippen LogP contribution in [0.3, 0.4) is 0 Å². The maximum absolute atomic E-state index is 12.8. The van der Waals surface area contributed by atoms with E-state index in [-0.39, 0.29) is 12.6 Å². The van der Waals surface area contributed by atoms with Crippen LogP contribution in [0.25, 0.3) is 0 Å². The van der Waals surface area contributed by atoms with Gasteiger partial charge in [-0.2, -0.15) is 8.78 Å². The van der Waals surface area contributed by atoms with Gasteiger partial charge in [-0.1, -0.05) is 0 Å². The first kappa shape index (κ1) is 14.6. The molecule has 0 aromatic carbocycles. The summed E-state index contributed by atoms with van der Waals surface area (Å²) in [5.41, 5.74) is 0. The summed E-state index contributed by atoms with van der Waals surface area (Å²) in [5.74, 6) is -4.83. The van der Waals surface area contributed by atoms with E-state index in [0.29, 0.717) is 13.1 Å². The lowest BCUT2D eigenvalue weighted by Gasteiger charge is -2.13. The van der Waals surface area contributed by atoms with Gasteiger partial charge >= 0.3 is 17.9 Å². The molecule has 2 N–H and O–H groups in total. The fraction of sp³-hybridized carbons (Fsp3) is 0.800. The Labute approximate surface area is 104 Å². The number of ether oxygens (including phenoxy) is 1. The molecule has 0 spiro atoms. The van der Waals surface area contributed by atoms with Crippen molar-refractivity contribution in [3.05, 3.63) is 0 Å². The summed E-state index contributed by atoms with van der Waals surface area (Å²) in [7, 11) is 3.23. The van der Waals surface area contributed by atoms with Crippen LogP contribution in [-0.2, 0) is 9.53 Å². The highest BCUT2D eigenvalue weighted by Gasteiger charge is 2.50. The number of alkyl halides is 2. The maximum Gasteiger partial charge on any atom is 0.377 e. The number of esters is 1. The van der Waals surface area contributed by atoms with Crippen LogP contribution < -0.4 is 10.6 Å². The molecule has 0 bridgehead atoms. The molecule has 1 aliphatic heterocycles. The first-order valence-corrected chi connectivity index (χ1v) is 5.57. The lowest BCUT2D eigenvalue weighted by molar-refractivity contribution is -0.158. The van der Waals surface area contributed by atoms with Crippen molar-refractivity contribution in [1.82, 2.24) is 15.5 Å². The number of hydrogen-bond donors (Lipinski definition) is 2. The Balaban J connectivity index is 2.10. The van der Waals surface area contributed by atoms with Gasteiger partial charge in [0.05, 0.1) is 6.42 Å². The van der Waals surface area contributed by atoms with Crippen LogP contribution in [0.4, 0.5) is 13.6 Å². The quantitative estimate of drug-likeness (QED) is 0.533. The van der Waals surface area contributed by atoms with E-state index in [1.54, 1.807) is 14.1 Å². The maximum atomic E-state index is 12.8. The molecule has 8 heteroatoms. The summed E-state index contributed by atoms with van der Waals surface area (Å²) in [6, 6.07) is -0.226. The van der Waals surface area contributed by atoms with Gasteiger partial charge in [0.15, 0.2) is 0 Å². The highest BCUT2D eigenvalue weighted by molar-refractivity contribution is 5.79. The first-order chi connectivity index (χ1) is 8.33. The van der Waals surface area contributed by atoms with Crippen molar-refractivity contribution < 1.29 is 23.1 Å². The topological polar surface area (TPSA) is 70.7 Å². The minimum atomic E-state index is -3.37. The molecule has 1 unspecified atom stereocenters. The molecular formula is C10H17F2N3O3. The Hall–Kier alpha value is -1.44. The number of amides is 2. The van der Waals surface area contributed by atoms with E-state index in [0.717, 1.165) is 0 Å². The van der Waals surface area contributed by atoms with Crippen molar-refractivity contribution in [3.63, 3.8) is 0 Å². The summed E-state index contributed by atoms with van der Waals surface area (Å²) >= 11 is 0. The second-order valence-corrected chi connectivity index (χ2v) is 4.27. The van der Waals surface area contributed by atoms with Crippen molar-refractivity contribution in [1.29, 1.82) is 0 Å². The molecule has 1 aliphatic rings. The van der Waals surface area contributed by atoms with Gasteiger partial charge in [0, 0.05) is 33.7 Å². The van der Waals surface area contributed by atoms with E-state index in [1.807, 2.05) is 0 Å². The first-order valence-electron chi connectivity index (χ1n) is 5.57. The molecule has 0 radical (unpaired) electrons. The van der Waals surface area contributed by atoms with E-state index in [2.05, 4.69) is 15.4 Å². The van der Waals surface area contributed by atoms with E-state index >= 15 is 0 Å². The van der Waals surface area contributed by atoms with Gasteiger partial charge in [0.1, 0.15) is 6.10 Å². The number of cyclic esters (lactones) is 1. The van der Waals surface area contributed by atoms with E-state index < -0.39 is 24.4 Å². The standard InChI is InChI=1S/C10H17F2N3O3/c1-15(2)9(17)14-4-3-13-6-7-5-10(11,12)8(16)18-7/h7,13H,3-6H2,1-2H3,(H,14,17). The van der Waals surface area contributed by atoms with E-state index in [1.165, 1.54) is 4.90 Å². The lowest BCUT2D eigenvalue weighted by atomic mass is 10.2. The zero-order valence-corrected chi connectivity index (χ0v) is 10.3. The Morgan fingerprint density at radius 2 is 2.17 bits per heavy atom. The van der Waals surface area contributed by atoms with Gasteiger partial charge in [0.25, 0.3) is 0 Å². The predicted molar refractivity (Wildman–Crippen MR) is 59.4 cm³/mol. The third-order valence-corrected chi connectivity index (χ3v) is 2.41. The number of nitrogens with one attached hydrogen (secondary N) is 2. The summed E-state index contributed by atoms with van der Waals surface area (Å²) in [6.45, 7) is 0.937. The van der Waals surface area contributed by atoms with Crippen LogP contribution >= 0.6 is 0 Å². The normalized spacial score (nSPS) is 21.6.